The summed E-state index contributed by atoms with van der Waals surface area (Å²) in [5.74, 6) is -3.14. The highest BCUT2D eigenvalue weighted by atomic mass is 16.4. The van der Waals surface area contributed by atoms with E-state index in [4.69, 9.17) is 4.42 Å². The van der Waals surface area contributed by atoms with Crippen LogP contribution in [0.2, 0.25) is 0 Å². The molecule has 0 bridgehead atoms. The van der Waals surface area contributed by atoms with Gasteiger partial charge in [-0.25, -0.2) is 0 Å². The van der Waals surface area contributed by atoms with Crippen molar-refractivity contribution in [2.24, 2.45) is 5.92 Å². The third-order valence-electron chi connectivity index (χ3n) is 6.69. The maximum absolute atomic E-state index is 13.4. The SMILES string of the molecule is O=C(NCc1ccc2[nH]ccc2c1)C(Cc1ccccc1)C(=O)N[C@@H](Cc1coc2ccccc12)B(O)O. The Balaban J connectivity index is 1.32. The summed E-state index contributed by atoms with van der Waals surface area (Å²) in [5, 5.41) is 27.6. The molecule has 2 amide bonds. The zero-order valence-corrected chi connectivity index (χ0v) is 20.6. The number of carbonyl (C=O) groups is 2. The minimum absolute atomic E-state index is 0.122. The summed E-state index contributed by atoms with van der Waals surface area (Å²) in [7, 11) is -1.83. The summed E-state index contributed by atoms with van der Waals surface area (Å²) in [5.41, 5.74) is 4.11. The van der Waals surface area contributed by atoms with Gasteiger partial charge in [0.2, 0.25) is 11.8 Å². The van der Waals surface area contributed by atoms with Crippen LogP contribution in [-0.4, -0.2) is 39.9 Å². The lowest BCUT2D eigenvalue weighted by atomic mass is 9.75. The van der Waals surface area contributed by atoms with Gasteiger partial charge in [0.25, 0.3) is 0 Å². The number of furan rings is 1. The molecular formula is C29H28BN3O5. The van der Waals surface area contributed by atoms with Gasteiger partial charge in [-0.3, -0.25) is 9.59 Å². The van der Waals surface area contributed by atoms with Gasteiger partial charge >= 0.3 is 7.12 Å². The molecule has 0 aliphatic rings. The van der Waals surface area contributed by atoms with E-state index in [1.165, 1.54) is 0 Å². The molecule has 2 aromatic heterocycles. The number of benzene rings is 3. The molecule has 192 valence electrons. The molecule has 0 saturated carbocycles. The lowest BCUT2D eigenvalue weighted by Gasteiger charge is -2.22. The fourth-order valence-electron chi connectivity index (χ4n) is 4.62. The van der Waals surface area contributed by atoms with E-state index in [2.05, 4.69) is 15.6 Å². The Kier molecular flexibility index (Phi) is 7.58. The Morgan fingerprint density at radius 3 is 2.50 bits per heavy atom. The monoisotopic (exact) mass is 509 g/mol. The van der Waals surface area contributed by atoms with Gasteiger partial charge in [-0.2, -0.15) is 0 Å². The van der Waals surface area contributed by atoms with Crippen molar-refractivity contribution in [1.29, 1.82) is 0 Å². The first-order valence-corrected chi connectivity index (χ1v) is 12.5. The molecule has 9 heteroatoms. The molecule has 0 aliphatic heterocycles. The number of H-pyrrole nitrogens is 1. The molecule has 0 aliphatic carbocycles. The summed E-state index contributed by atoms with van der Waals surface area (Å²) in [4.78, 5) is 29.9. The first kappa shape index (κ1) is 25.3. The predicted molar refractivity (Wildman–Crippen MR) is 146 cm³/mol. The van der Waals surface area contributed by atoms with Crippen molar-refractivity contribution in [1.82, 2.24) is 15.6 Å². The van der Waals surface area contributed by atoms with Gasteiger partial charge in [-0.05, 0) is 59.2 Å². The maximum atomic E-state index is 13.4. The number of amides is 2. The Hall–Kier alpha value is -4.34. The van der Waals surface area contributed by atoms with Crippen LogP contribution in [0, 0.1) is 5.92 Å². The maximum Gasteiger partial charge on any atom is 0.475 e. The molecule has 5 aromatic rings. The van der Waals surface area contributed by atoms with Crippen LogP contribution < -0.4 is 10.6 Å². The van der Waals surface area contributed by atoms with Crippen LogP contribution in [0.15, 0.2) is 95.7 Å². The molecular weight excluding hydrogens is 481 g/mol. The van der Waals surface area contributed by atoms with E-state index in [0.29, 0.717) is 5.58 Å². The number of hydrogen-bond acceptors (Lipinski definition) is 5. The van der Waals surface area contributed by atoms with Gasteiger partial charge < -0.3 is 30.1 Å². The number of nitrogens with one attached hydrogen (secondary N) is 3. The average molecular weight is 509 g/mol. The van der Waals surface area contributed by atoms with E-state index >= 15 is 0 Å². The zero-order valence-electron chi connectivity index (χ0n) is 20.6. The van der Waals surface area contributed by atoms with E-state index in [9.17, 15) is 19.6 Å². The Morgan fingerprint density at radius 2 is 1.68 bits per heavy atom. The van der Waals surface area contributed by atoms with Crippen molar-refractivity contribution in [2.75, 3.05) is 0 Å². The summed E-state index contributed by atoms with van der Waals surface area (Å²) < 4.78 is 5.55. The van der Waals surface area contributed by atoms with Gasteiger partial charge in [-0.1, -0.05) is 54.6 Å². The topological polar surface area (TPSA) is 128 Å². The lowest BCUT2D eigenvalue weighted by molar-refractivity contribution is -0.135. The number of para-hydroxylation sites is 1. The molecule has 0 radical (unpaired) electrons. The predicted octanol–water partition coefficient (Wildman–Crippen LogP) is 3.13. The molecule has 2 heterocycles. The van der Waals surface area contributed by atoms with Crippen molar-refractivity contribution in [3.63, 3.8) is 0 Å². The molecule has 5 rings (SSSR count). The molecule has 1 unspecified atom stereocenters. The zero-order chi connectivity index (χ0) is 26.5. The number of hydrogen-bond donors (Lipinski definition) is 5. The third-order valence-corrected chi connectivity index (χ3v) is 6.69. The largest absolute Gasteiger partial charge is 0.475 e. The lowest BCUT2D eigenvalue weighted by Crippen LogP contribution is -2.52. The van der Waals surface area contributed by atoms with Crippen molar-refractivity contribution in [3.05, 3.63) is 108 Å². The van der Waals surface area contributed by atoms with Crippen LogP contribution in [0.1, 0.15) is 16.7 Å². The number of aromatic amines is 1. The molecule has 0 spiro atoms. The Morgan fingerprint density at radius 1 is 0.895 bits per heavy atom. The van der Waals surface area contributed by atoms with Gasteiger partial charge in [0.15, 0.2) is 0 Å². The van der Waals surface area contributed by atoms with Crippen LogP contribution in [0.4, 0.5) is 0 Å². The highest BCUT2D eigenvalue weighted by Crippen LogP contribution is 2.22. The summed E-state index contributed by atoms with van der Waals surface area (Å²) >= 11 is 0. The Bertz CT molecular complexity index is 1550. The van der Waals surface area contributed by atoms with Gasteiger partial charge in [-0.15, -0.1) is 0 Å². The third kappa shape index (κ3) is 5.80. The van der Waals surface area contributed by atoms with Crippen LogP contribution >= 0.6 is 0 Å². The normalized spacial score (nSPS) is 12.8. The highest BCUT2D eigenvalue weighted by molar-refractivity contribution is 6.43. The van der Waals surface area contributed by atoms with Crippen LogP contribution in [-0.2, 0) is 29.0 Å². The number of rotatable bonds is 10. The molecule has 8 nitrogen and oxygen atoms in total. The highest BCUT2D eigenvalue weighted by Gasteiger charge is 2.33. The van der Waals surface area contributed by atoms with Crippen molar-refractivity contribution < 1.29 is 24.1 Å². The van der Waals surface area contributed by atoms with Crippen molar-refractivity contribution in [3.8, 4) is 0 Å². The number of aromatic nitrogens is 1. The van der Waals surface area contributed by atoms with Gasteiger partial charge in [0.1, 0.15) is 11.5 Å². The standard InChI is InChI=1S/C29H28BN3O5/c34-28(32-17-20-10-11-25-21(14-20)12-13-31-25)24(15-19-6-2-1-3-7-19)29(35)33-27(30(36)37)16-22-18-38-26-9-5-4-8-23(22)26/h1-14,18,24,27,31,36-37H,15-17H2,(H,32,34)(H,33,35)/t24?,27-/m0/s1. The van der Waals surface area contributed by atoms with Gasteiger partial charge in [0, 0.05) is 23.6 Å². The molecule has 0 saturated heterocycles. The molecule has 3 aromatic carbocycles. The first-order valence-electron chi connectivity index (χ1n) is 12.5. The fourth-order valence-corrected chi connectivity index (χ4v) is 4.62. The van der Waals surface area contributed by atoms with E-state index in [0.717, 1.165) is 33.0 Å². The minimum Gasteiger partial charge on any atom is -0.464 e. The molecule has 38 heavy (non-hydrogen) atoms. The fraction of sp³-hybridized carbons (Fsp3) is 0.172. The van der Waals surface area contributed by atoms with Crippen LogP contribution in [0.5, 0.6) is 0 Å². The molecule has 5 N–H and O–H groups in total. The Labute approximate surface area is 219 Å². The summed E-state index contributed by atoms with van der Waals surface area (Å²) in [6.07, 6.45) is 3.68. The second-order valence-corrected chi connectivity index (χ2v) is 9.35. The quantitative estimate of drug-likeness (QED) is 0.146. The van der Waals surface area contributed by atoms with E-state index in [1.807, 2.05) is 85.1 Å². The van der Waals surface area contributed by atoms with Crippen molar-refractivity contribution in [2.45, 2.75) is 25.3 Å². The van der Waals surface area contributed by atoms with E-state index in [1.54, 1.807) is 6.26 Å². The second kappa shape index (κ2) is 11.4. The smallest absolute Gasteiger partial charge is 0.464 e. The minimum atomic E-state index is -1.83. The summed E-state index contributed by atoms with van der Waals surface area (Å²) in [6, 6.07) is 24.4. The van der Waals surface area contributed by atoms with E-state index < -0.39 is 30.8 Å². The molecule has 2 atom stereocenters. The number of carbonyl (C=O) groups excluding carboxylic acids is 2. The van der Waals surface area contributed by atoms with Gasteiger partial charge in [0.05, 0.1) is 12.2 Å². The second-order valence-electron chi connectivity index (χ2n) is 9.35. The van der Waals surface area contributed by atoms with Crippen molar-refractivity contribution >= 4 is 40.8 Å². The van der Waals surface area contributed by atoms with Crippen LogP contribution in [0.25, 0.3) is 21.9 Å². The van der Waals surface area contributed by atoms with Crippen LogP contribution in [0.3, 0.4) is 0 Å². The number of fused-ring (bicyclic) bond motifs is 2. The molecule has 0 fully saturated rings. The summed E-state index contributed by atoms with van der Waals surface area (Å²) in [6.45, 7) is 0.256. The first-order chi connectivity index (χ1) is 18.5. The average Bonchev–Trinajstić information content (AvgIpc) is 3.57. The van der Waals surface area contributed by atoms with E-state index in [-0.39, 0.29) is 19.4 Å².